The molecule has 0 saturated carbocycles. The number of benzene rings is 2. The van der Waals surface area contributed by atoms with Gasteiger partial charge in [-0.05, 0) is 49.8 Å². The molecule has 0 aliphatic rings. The lowest BCUT2D eigenvalue weighted by atomic mass is 10.1. The van der Waals surface area contributed by atoms with Crippen molar-refractivity contribution in [3.8, 4) is 5.75 Å². The number of hydrogen-bond acceptors (Lipinski definition) is 5. The zero-order valence-electron chi connectivity index (χ0n) is 16.9. The van der Waals surface area contributed by atoms with E-state index in [2.05, 4.69) is 30.0 Å². The predicted molar refractivity (Wildman–Crippen MR) is 117 cm³/mol. The molecule has 1 aromatic heterocycles. The number of aryl methyl sites for hydroxylation is 1. The third-order valence-electron chi connectivity index (χ3n) is 4.69. The Morgan fingerprint density at radius 2 is 1.86 bits per heavy atom. The van der Waals surface area contributed by atoms with Gasteiger partial charge in [-0.15, -0.1) is 0 Å². The van der Waals surface area contributed by atoms with Gasteiger partial charge in [0, 0.05) is 13.1 Å². The number of carbonyl (C=O) groups excluding carboxylic acids is 1. The summed E-state index contributed by atoms with van der Waals surface area (Å²) in [6.07, 6.45) is 1.27. The van der Waals surface area contributed by atoms with Gasteiger partial charge in [0.15, 0.2) is 5.13 Å². The smallest absolute Gasteiger partial charge is 0.233 e. The molecule has 3 aromatic rings. The van der Waals surface area contributed by atoms with Crippen LogP contribution in [0.2, 0.25) is 0 Å². The lowest BCUT2D eigenvalue weighted by Crippen LogP contribution is -2.37. The lowest BCUT2D eigenvalue weighted by molar-refractivity contribution is -0.118. The normalized spacial score (nSPS) is 11.2. The van der Waals surface area contributed by atoms with Gasteiger partial charge in [0.25, 0.3) is 0 Å². The monoisotopic (exact) mass is 397 g/mol. The van der Waals surface area contributed by atoms with Gasteiger partial charge in [-0.25, -0.2) is 4.98 Å². The lowest BCUT2D eigenvalue weighted by Gasteiger charge is -2.22. The van der Waals surface area contributed by atoms with Crippen LogP contribution in [0.25, 0.3) is 10.2 Å². The molecule has 28 heavy (non-hydrogen) atoms. The molecule has 0 bridgehead atoms. The van der Waals surface area contributed by atoms with Crippen molar-refractivity contribution >= 4 is 32.6 Å². The molecule has 0 saturated heterocycles. The highest BCUT2D eigenvalue weighted by atomic mass is 32.1. The Bertz CT molecular complexity index is 935. The number of nitrogens with zero attached hydrogens (tertiary/aromatic N) is 3. The van der Waals surface area contributed by atoms with E-state index in [1.165, 1.54) is 5.56 Å². The van der Waals surface area contributed by atoms with E-state index in [-0.39, 0.29) is 5.91 Å². The molecule has 6 heteroatoms. The van der Waals surface area contributed by atoms with Crippen LogP contribution in [0.1, 0.15) is 18.1 Å². The van der Waals surface area contributed by atoms with Crippen molar-refractivity contribution in [2.45, 2.75) is 19.8 Å². The van der Waals surface area contributed by atoms with Gasteiger partial charge in [0.05, 0.1) is 23.7 Å². The summed E-state index contributed by atoms with van der Waals surface area (Å²) in [5, 5.41) is 0.774. The number of hydrogen-bond donors (Lipinski definition) is 0. The van der Waals surface area contributed by atoms with Crippen LogP contribution in [0.4, 0.5) is 5.13 Å². The van der Waals surface area contributed by atoms with E-state index in [0.29, 0.717) is 13.0 Å². The summed E-state index contributed by atoms with van der Waals surface area (Å²) < 4.78 is 6.33. The molecule has 0 N–H and O–H groups in total. The maximum atomic E-state index is 13.2. The van der Waals surface area contributed by atoms with E-state index in [4.69, 9.17) is 9.72 Å². The van der Waals surface area contributed by atoms with Crippen molar-refractivity contribution < 1.29 is 9.53 Å². The van der Waals surface area contributed by atoms with Gasteiger partial charge in [0.2, 0.25) is 5.91 Å². The molecule has 0 atom stereocenters. The quantitative estimate of drug-likeness (QED) is 0.576. The molecule has 0 unspecified atom stereocenters. The van der Waals surface area contributed by atoms with Gasteiger partial charge < -0.3 is 9.64 Å². The van der Waals surface area contributed by atoms with E-state index < -0.39 is 0 Å². The van der Waals surface area contributed by atoms with Crippen LogP contribution in [0, 0.1) is 0 Å². The zero-order valence-corrected chi connectivity index (χ0v) is 17.8. The SMILES string of the molecule is CCc1cccc2sc(N(CCN(C)C)C(=O)Cc3ccc(OC)cc3)nc12. The third-order valence-corrected chi connectivity index (χ3v) is 5.73. The van der Waals surface area contributed by atoms with Crippen molar-refractivity contribution in [1.29, 1.82) is 0 Å². The van der Waals surface area contributed by atoms with E-state index in [9.17, 15) is 4.79 Å². The fraction of sp³-hybridized carbons (Fsp3) is 0.364. The van der Waals surface area contributed by atoms with Crippen molar-refractivity contribution in [1.82, 2.24) is 9.88 Å². The minimum Gasteiger partial charge on any atom is -0.497 e. The molecule has 0 fully saturated rings. The topological polar surface area (TPSA) is 45.7 Å². The number of amides is 1. The summed E-state index contributed by atoms with van der Waals surface area (Å²) in [5.74, 6) is 0.850. The molecule has 1 amide bonds. The highest BCUT2D eigenvalue weighted by Gasteiger charge is 2.21. The predicted octanol–water partition coefficient (Wildman–Crippen LogP) is 4.00. The summed E-state index contributed by atoms with van der Waals surface area (Å²) in [7, 11) is 5.67. The Morgan fingerprint density at radius 1 is 1.11 bits per heavy atom. The molecule has 1 heterocycles. The molecule has 5 nitrogen and oxygen atoms in total. The van der Waals surface area contributed by atoms with Crippen LogP contribution < -0.4 is 9.64 Å². The summed E-state index contributed by atoms with van der Waals surface area (Å²) in [5.41, 5.74) is 3.20. The zero-order chi connectivity index (χ0) is 20.1. The number of thiazole rings is 1. The van der Waals surface area contributed by atoms with Crippen molar-refractivity contribution in [2.75, 3.05) is 39.2 Å². The van der Waals surface area contributed by atoms with E-state index in [1.54, 1.807) is 18.4 Å². The highest BCUT2D eigenvalue weighted by molar-refractivity contribution is 7.22. The van der Waals surface area contributed by atoms with Crippen molar-refractivity contribution in [3.63, 3.8) is 0 Å². The first-order valence-corrected chi connectivity index (χ1v) is 10.3. The molecule has 0 aliphatic carbocycles. The maximum Gasteiger partial charge on any atom is 0.233 e. The van der Waals surface area contributed by atoms with E-state index in [1.807, 2.05) is 43.3 Å². The number of para-hydroxylation sites is 1. The van der Waals surface area contributed by atoms with Gasteiger partial charge in [0.1, 0.15) is 5.75 Å². The summed E-state index contributed by atoms with van der Waals surface area (Å²) >= 11 is 1.59. The molecular formula is C22H27N3O2S. The maximum absolute atomic E-state index is 13.2. The molecule has 148 valence electrons. The number of rotatable bonds is 8. The number of carbonyl (C=O) groups is 1. The molecule has 0 spiro atoms. The Kier molecular flexibility index (Phi) is 6.65. The summed E-state index contributed by atoms with van der Waals surface area (Å²) in [6.45, 7) is 3.53. The van der Waals surface area contributed by atoms with Crippen molar-refractivity contribution in [2.24, 2.45) is 0 Å². The Labute approximate surface area is 170 Å². The first kappa shape index (κ1) is 20.3. The first-order chi connectivity index (χ1) is 13.5. The van der Waals surface area contributed by atoms with E-state index >= 15 is 0 Å². The first-order valence-electron chi connectivity index (χ1n) is 9.48. The fourth-order valence-corrected chi connectivity index (χ4v) is 4.09. The number of ether oxygens (including phenoxy) is 1. The largest absolute Gasteiger partial charge is 0.497 e. The minimum atomic E-state index is 0.0594. The average molecular weight is 398 g/mol. The second-order valence-electron chi connectivity index (χ2n) is 6.99. The fourth-order valence-electron chi connectivity index (χ4n) is 3.04. The molecule has 2 aromatic carbocycles. The molecule has 0 radical (unpaired) electrons. The summed E-state index contributed by atoms with van der Waals surface area (Å²) in [6, 6.07) is 13.9. The van der Waals surface area contributed by atoms with Gasteiger partial charge in [-0.3, -0.25) is 9.69 Å². The van der Waals surface area contributed by atoms with Crippen molar-refractivity contribution in [3.05, 3.63) is 53.6 Å². The Hall–Kier alpha value is -2.44. The minimum absolute atomic E-state index is 0.0594. The van der Waals surface area contributed by atoms with Crippen LogP contribution in [-0.2, 0) is 17.6 Å². The van der Waals surface area contributed by atoms with Crippen LogP contribution in [-0.4, -0.2) is 50.1 Å². The van der Waals surface area contributed by atoms with Gasteiger partial charge in [-0.1, -0.05) is 42.5 Å². The third kappa shape index (κ3) is 4.69. The number of aromatic nitrogens is 1. The second kappa shape index (κ2) is 9.17. The van der Waals surface area contributed by atoms with Crippen LogP contribution in [0.5, 0.6) is 5.75 Å². The number of likely N-dealkylation sites (N-methyl/N-ethyl adjacent to an activating group) is 1. The molecular weight excluding hydrogens is 370 g/mol. The van der Waals surface area contributed by atoms with Crippen LogP contribution in [0.3, 0.4) is 0 Å². The Balaban J connectivity index is 1.88. The summed E-state index contributed by atoms with van der Waals surface area (Å²) in [4.78, 5) is 21.9. The number of anilines is 1. The van der Waals surface area contributed by atoms with Crippen LogP contribution in [0.15, 0.2) is 42.5 Å². The highest BCUT2D eigenvalue weighted by Crippen LogP contribution is 2.31. The van der Waals surface area contributed by atoms with Gasteiger partial charge in [-0.2, -0.15) is 0 Å². The number of fused-ring (bicyclic) bond motifs is 1. The second-order valence-corrected chi connectivity index (χ2v) is 8.00. The number of methoxy groups -OCH3 is 1. The standard InChI is InChI=1S/C22H27N3O2S/c1-5-17-7-6-8-19-21(17)23-22(28-19)25(14-13-24(2)3)20(26)15-16-9-11-18(27-4)12-10-16/h6-12H,5,13-15H2,1-4H3. The van der Waals surface area contributed by atoms with E-state index in [0.717, 1.165) is 39.6 Å². The molecule has 3 rings (SSSR count). The Morgan fingerprint density at radius 3 is 2.50 bits per heavy atom. The average Bonchev–Trinajstić information content (AvgIpc) is 3.12. The van der Waals surface area contributed by atoms with Gasteiger partial charge >= 0.3 is 0 Å². The van der Waals surface area contributed by atoms with Crippen LogP contribution >= 0.6 is 11.3 Å². The molecule has 0 aliphatic heterocycles.